The van der Waals surface area contributed by atoms with E-state index in [9.17, 15) is 19.5 Å². The van der Waals surface area contributed by atoms with Crippen LogP contribution in [0.5, 0.6) is 0 Å². The van der Waals surface area contributed by atoms with Gasteiger partial charge in [0.2, 0.25) is 5.91 Å². The second-order valence-electron chi connectivity index (χ2n) is 7.45. The van der Waals surface area contributed by atoms with Crippen molar-refractivity contribution in [1.29, 1.82) is 0 Å². The third-order valence-corrected chi connectivity index (χ3v) is 4.98. The summed E-state index contributed by atoms with van der Waals surface area (Å²) in [7, 11) is 1.75. The summed E-state index contributed by atoms with van der Waals surface area (Å²) in [6, 6.07) is 6.95. The third kappa shape index (κ3) is 4.62. The highest BCUT2D eigenvalue weighted by Gasteiger charge is 2.41. The van der Waals surface area contributed by atoms with E-state index in [1.807, 2.05) is 13.8 Å². The fraction of sp³-hybridized carbons (Fsp3) is 0.550. The Hall–Kier alpha value is -2.37. The van der Waals surface area contributed by atoms with Gasteiger partial charge in [-0.25, -0.2) is 4.79 Å². The lowest BCUT2D eigenvalue weighted by Crippen LogP contribution is -2.55. The van der Waals surface area contributed by atoms with Gasteiger partial charge in [-0.3, -0.25) is 9.59 Å². The minimum Gasteiger partial charge on any atom is -0.480 e. The summed E-state index contributed by atoms with van der Waals surface area (Å²) in [6.07, 6.45) is 3.55. The van der Waals surface area contributed by atoms with Gasteiger partial charge in [0.15, 0.2) is 0 Å². The smallest absolute Gasteiger partial charge is 0.329 e. The Labute approximate surface area is 154 Å². The number of nitrogens with zero attached hydrogens (tertiary/aromatic N) is 1. The Balaban J connectivity index is 2.04. The average molecular weight is 360 g/mol. The van der Waals surface area contributed by atoms with Crippen molar-refractivity contribution in [2.24, 2.45) is 5.92 Å². The number of amides is 2. The van der Waals surface area contributed by atoms with E-state index in [-0.39, 0.29) is 17.7 Å². The normalized spacial score (nSPS) is 16.2. The summed E-state index contributed by atoms with van der Waals surface area (Å²) in [6.45, 7) is 4.18. The molecule has 0 bridgehead atoms. The van der Waals surface area contributed by atoms with Crippen molar-refractivity contribution in [3.05, 3.63) is 35.4 Å². The van der Waals surface area contributed by atoms with E-state index in [4.69, 9.17) is 0 Å². The molecule has 142 valence electrons. The topological polar surface area (TPSA) is 86.7 Å². The molecule has 2 N–H and O–H groups in total. The van der Waals surface area contributed by atoms with E-state index in [1.54, 1.807) is 36.2 Å². The molecule has 1 aliphatic rings. The van der Waals surface area contributed by atoms with E-state index in [0.717, 1.165) is 24.8 Å². The van der Waals surface area contributed by atoms with Gasteiger partial charge >= 0.3 is 5.97 Å². The van der Waals surface area contributed by atoms with Crippen molar-refractivity contribution in [3.8, 4) is 0 Å². The van der Waals surface area contributed by atoms with Crippen LogP contribution in [-0.4, -0.2) is 40.4 Å². The quantitative estimate of drug-likeness (QED) is 0.817. The standard InChI is InChI=1S/C20H28N2O4/c1-14(2)18(24)22(3)13-15-7-9-16(10-8-15)17(23)21-20(19(25)26)11-5-4-6-12-20/h7-10,14H,4-6,11-13H2,1-3H3,(H,21,23)(H,25,26). The Morgan fingerprint density at radius 2 is 1.69 bits per heavy atom. The highest BCUT2D eigenvalue weighted by atomic mass is 16.4. The zero-order valence-electron chi connectivity index (χ0n) is 15.7. The van der Waals surface area contributed by atoms with Crippen molar-refractivity contribution in [1.82, 2.24) is 10.2 Å². The molecule has 0 saturated heterocycles. The molecular weight excluding hydrogens is 332 g/mol. The molecule has 0 radical (unpaired) electrons. The zero-order chi connectivity index (χ0) is 19.3. The number of benzene rings is 1. The van der Waals surface area contributed by atoms with Gasteiger partial charge in [0, 0.05) is 25.1 Å². The molecule has 2 rings (SSSR count). The summed E-state index contributed by atoms with van der Waals surface area (Å²) in [4.78, 5) is 37.8. The van der Waals surface area contributed by atoms with Crippen LogP contribution in [0.3, 0.4) is 0 Å². The largest absolute Gasteiger partial charge is 0.480 e. The summed E-state index contributed by atoms with van der Waals surface area (Å²) in [5, 5.41) is 12.3. The van der Waals surface area contributed by atoms with Crippen LogP contribution in [-0.2, 0) is 16.1 Å². The first kappa shape index (κ1) is 19.9. The number of carbonyl (C=O) groups excluding carboxylic acids is 2. The first-order chi connectivity index (χ1) is 12.2. The molecule has 2 amide bonds. The maximum atomic E-state index is 12.5. The van der Waals surface area contributed by atoms with Crippen LogP contribution in [0.1, 0.15) is 61.9 Å². The number of rotatable bonds is 6. The van der Waals surface area contributed by atoms with E-state index in [0.29, 0.717) is 24.9 Å². The van der Waals surface area contributed by atoms with E-state index >= 15 is 0 Å². The number of aliphatic carboxylic acids is 1. The molecule has 6 heteroatoms. The summed E-state index contributed by atoms with van der Waals surface area (Å²) < 4.78 is 0. The number of hydrogen-bond acceptors (Lipinski definition) is 3. The van der Waals surface area contributed by atoms with Crippen LogP contribution in [0.15, 0.2) is 24.3 Å². The first-order valence-corrected chi connectivity index (χ1v) is 9.15. The summed E-state index contributed by atoms with van der Waals surface area (Å²) in [5.41, 5.74) is 0.194. The van der Waals surface area contributed by atoms with Crippen LogP contribution < -0.4 is 5.32 Å². The van der Waals surface area contributed by atoms with Crippen molar-refractivity contribution in [3.63, 3.8) is 0 Å². The lowest BCUT2D eigenvalue weighted by atomic mass is 9.81. The maximum absolute atomic E-state index is 12.5. The molecule has 0 heterocycles. The molecule has 1 aromatic rings. The monoisotopic (exact) mass is 360 g/mol. The Kier molecular flexibility index (Phi) is 6.40. The Morgan fingerprint density at radius 1 is 1.12 bits per heavy atom. The predicted octanol–water partition coefficient (Wildman–Crippen LogP) is 2.82. The molecule has 0 spiro atoms. The number of hydrogen-bond donors (Lipinski definition) is 2. The molecule has 0 aliphatic heterocycles. The highest BCUT2D eigenvalue weighted by Crippen LogP contribution is 2.29. The van der Waals surface area contributed by atoms with Crippen molar-refractivity contribution < 1.29 is 19.5 Å². The minimum atomic E-state index is -1.15. The molecule has 0 aromatic heterocycles. The number of carbonyl (C=O) groups is 3. The van der Waals surface area contributed by atoms with Crippen molar-refractivity contribution in [2.75, 3.05) is 7.05 Å². The predicted molar refractivity (Wildman–Crippen MR) is 98.7 cm³/mol. The van der Waals surface area contributed by atoms with E-state index in [2.05, 4.69) is 5.32 Å². The molecule has 0 atom stereocenters. The van der Waals surface area contributed by atoms with Gasteiger partial charge in [-0.15, -0.1) is 0 Å². The number of carboxylic acids is 1. The second-order valence-corrected chi connectivity index (χ2v) is 7.45. The molecule has 0 unspecified atom stereocenters. The molecule has 1 fully saturated rings. The lowest BCUT2D eigenvalue weighted by molar-refractivity contribution is -0.146. The molecule has 6 nitrogen and oxygen atoms in total. The fourth-order valence-corrected chi connectivity index (χ4v) is 3.39. The van der Waals surface area contributed by atoms with Crippen molar-refractivity contribution in [2.45, 2.75) is 58.0 Å². The Morgan fingerprint density at radius 3 is 2.19 bits per heavy atom. The minimum absolute atomic E-state index is 0.0623. The van der Waals surface area contributed by atoms with Crippen LogP contribution in [0, 0.1) is 5.92 Å². The van der Waals surface area contributed by atoms with Gasteiger partial charge in [0.1, 0.15) is 5.54 Å². The van der Waals surface area contributed by atoms with Crippen LogP contribution in [0.25, 0.3) is 0 Å². The number of carboxylic acid groups (broad SMARTS) is 1. The Bertz CT molecular complexity index is 661. The fourth-order valence-electron chi connectivity index (χ4n) is 3.39. The van der Waals surface area contributed by atoms with Crippen LogP contribution >= 0.6 is 0 Å². The molecular formula is C20H28N2O4. The van der Waals surface area contributed by atoms with Gasteiger partial charge < -0.3 is 15.3 Å². The average Bonchev–Trinajstić information content (AvgIpc) is 2.62. The van der Waals surface area contributed by atoms with Gasteiger partial charge in [0.05, 0.1) is 0 Å². The SMILES string of the molecule is CC(C)C(=O)N(C)Cc1ccc(C(=O)NC2(C(=O)O)CCCCC2)cc1. The summed E-state index contributed by atoms with van der Waals surface area (Å²) in [5.74, 6) is -1.33. The van der Waals surface area contributed by atoms with Gasteiger partial charge in [-0.2, -0.15) is 0 Å². The van der Waals surface area contributed by atoms with Crippen molar-refractivity contribution >= 4 is 17.8 Å². The van der Waals surface area contributed by atoms with Gasteiger partial charge in [0.25, 0.3) is 5.91 Å². The second kappa shape index (κ2) is 8.34. The maximum Gasteiger partial charge on any atom is 0.329 e. The molecule has 1 saturated carbocycles. The van der Waals surface area contributed by atoms with Gasteiger partial charge in [-0.1, -0.05) is 45.2 Å². The van der Waals surface area contributed by atoms with E-state index < -0.39 is 11.5 Å². The molecule has 1 aliphatic carbocycles. The number of nitrogens with one attached hydrogen (secondary N) is 1. The zero-order valence-corrected chi connectivity index (χ0v) is 15.7. The van der Waals surface area contributed by atoms with Gasteiger partial charge in [-0.05, 0) is 30.5 Å². The van der Waals surface area contributed by atoms with Crippen LogP contribution in [0.2, 0.25) is 0 Å². The molecule has 26 heavy (non-hydrogen) atoms. The first-order valence-electron chi connectivity index (χ1n) is 9.15. The third-order valence-electron chi connectivity index (χ3n) is 4.98. The lowest BCUT2D eigenvalue weighted by Gasteiger charge is -2.34. The van der Waals surface area contributed by atoms with E-state index in [1.165, 1.54) is 0 Å². The summed E-state index contributed by atoms with van der Waals surface area (Å²) >= 11 is 0. The highest BCUT2D eigenvalue weighted by molar-refractivity contribution is 5.98. The van der Waals surface area contributed by atoms with Crippen LogP contribution in [0.4, 0.5) is 0 Å². The molecule has 1 aromatic carbocycles.